The van der Waals surface area contributed by atoms with E-state index < -0.39 is 49.4 Å². The largest absolute Gasteiger partial charge is 0.507 e. The van der Waals surface area contributed by atoms with Gasteiger partial charge in [-0.1, -0.05) is 23.7 Å². The van der Waals surface area contributed by atoms with Gasteiger partial charge in [0, 0.05) is 29.7 Å². The van der Waals surface area contributed by atoms with Crippen LogP contribution in [0, 0.1) is 0 Å². The van der Waals surface area contributed by atoms with Gasteiger partial charge in [0.1, 0.15) is 5.76 Å². The summed E-state index contributed by atoms with van der Waals surface area (Å²) >= 11 is 6.03. The number of hydrogen-bond acceptors (Lipinski definition) is 7. The molecule has 0 aromatic heterocycles. The number of aliphatic hydroxyl groups is 1. The number of aliphatic hydroxyl groups excluding tert-OH is 1. The number of sulfone groups is 1. The van der Waals surface area contributed by atoms with Crippen LogP contribution >= 0.6 is 11.6 Å². The Morgan fingerprint density at radius 2 is 1.59 bits per heavy atom. The van der Waals surface area contributed by atoms with Gasteiger partial charge in [-0.25, -0.2) is 16.8 Å². The van der Waals surface area contributed by atoms with Crippen LogP contribution in [0.5, 0.6) is 0 Å². The molecule has 3 saturated heterocycles. The third-order valence-electron chi connectivity index (χ3n) is 7.10. The van der Waals surface area contributed by atoms with Gasteiger partial charge >= 0.3 is 0 Å². The number of likely N-dealkylation sites (tertiary alicyclic amines) is 1. The second kappa shape index (κ2) is 9.54. The minimum atomic E-state index is -3.67. The molecule has 9 nitrogen and oxygen atoms in total. The van der Waals surface area contributed by atoms with Crippen molar-refractivity contribution in [2.24, 2.45) is 0 Å². The van der Waals surface area contributed by atoms with Crippen molar-refractivity contribution in [3.8, 4) is 0 Å². The fraction of sp³-hybridized carbons (Fsp3) is 0.360. The van der Waals surface area contributed by atoms with Gasteiger partial charge in [-0.05, 0) is 61.2 Å². The summed E-state index contributed by atoms with van der Waals surface area (Å²) in [7, 11) is -7.04. The maximum absolute atomic E-state index is 13.2. The zero-order chi connectivity index (χ0) is 26.5. The highest BCUT2D eigenvalue weighted by Gasteiger charge is 2.51. The summed E-state index contributed by atoms with van der Waals surface area (Å²) < 4.78 is 51.5. The predicted octanol–water partition coefficient (Wildman–Crippen LogP) is 2.73. The summed E-state index contributed by atoms with van der Waals surface area (Å²) in [5, 5.41) is 11.7. The lowest BCUT2D eigenvalue weighted by Crippen LogP contribution is -2.40. The third-order valence-corrected chi connectivity index (χ3v) is 11.0. The summed E-state index contributed by atoms with van der Waals surface area (Å²) in [6.45, 7) is 0.900. The van der Waals surface area contributed by atoms with Crippen molar-refractivity contribution < 1.29 is 31.5 Å². The van der Waals surface area contributed by atoms with E-state index in [2.05, 4.69) is 0 Å². The molecule has 3 aliphatic rings. The normalized spacial score (nSPS) is 25.7. The molecule has 0 aliphatic carbocycles. The molecule has 2 atom stereocenters. The van der Waals surface area contributed by atoms with E-state index in [1.54, 1.807) is 24.3 Å². The summed E-state index contributed by atoms with van der Waals surface area (Å²) in [6, 6.07) is 10.2. The smallest absolute Gasteiger partial charge is 0.295 e. The maximum Gasteiger partial charge on any atom is 0.295 e. The van der Waals surface area contributed by atoms with E-state index in [1.807, 2.05) is 0 Å². The van der Waals surface area contributed by atoms with Crippen LogP contribution in [-0.2, 0) is 29.4 Å². The average molecular weight is 565 g/mol. The third kappa shape index (κ3) is 4.69. The highest BCUT2D eigenvalue weighted by Crippen LogP contribution is 2.42. The van der Waals surface area contributed by atoms with Gasteiger partial charge in [0.2, 0.25) is 10.0 Å². The first-order chi connectivity index (χ1) is 17.5. The number of carbonyl (C=O) groups is 2. The van der Waals surface area contributed by atoms with Crippen LogP contribution in [0.3, 0.4) is 0 Å². The summed E-state index contributed by atoms with van der Waals surface area (Å²) in [5.74, 6) is -2.66. The van der Waals surface area contributed by atoms with Crippen molar-refractivity contribution in [2.45, 2.75) is 36.2 Å². The second-order valence-electron chi connectivity index (χ2n) is 9.45. The molecular formula is C25H25ClN2O7S2. The Bertz CT molecular complexity index is 1500. The quantitative estimate of drug-likeness (QED) is 0.336. The minimum absolute atomic E-state index is 0.0665. The molecule has 196 valence electrons. The Balaban J connectivity index is 1.57. The Labute approximate surface area is 220 Å². The Hall–Kier alpha value is -2.73. The van der Waals surface area contributed by atoms with E-state index in [1.165, 1.54) is 33.5 Å². The average Bonchev–Trinajstić information content (AvgIpc) is 3.59. The lowest BCUT2D eigenvalue weighted by molar-refractivity contribution is -0.141. The highest BCUT2D eigenvalue weighted by atomic mass is 35.5. The van der Waals surface area contributed by atoms with Crippen LogP contribution in [0.25, 0.3) is 5.76 Å². The van der Waals surface area contributed by atoms with Crippen LogP contribution in [0.2, 0.25) is 5.02 Å². The van der Waals surface area contributed by atoms with Gasteiger partial charge in [-0.3, -0.25) is 9.59 Å². The number of amides is 1. The molecule has 0 radical (unpaired) electrons. The molecule has 0 unspecified atom stereocenters. The van der Waals surface area contributed by atoms with Crippen molar-refractivity contribution in [3.05, 3.63) is 70.3 Å². The van der Waals surface area contributed by atoms with Gasteiger partial charge in [-0.15, -0.1) is 0 Å². The Morgan fingerprint density at radius 3 is 2.16 bits per heavy atom. The standard InChI is InChI=1S/C25H25ClN2O7S2/c26-18-7-3-16(4-8-18)22-21(24(30)25(31)28(22)19-11-14-36(32,33)15-19)23(29)17-5-9-20(10-6-17)37(34,35)27-12-1-2-13-27/h3-10,19,22,29H,1-2,11-15H2/t19-,22+/m1/s1. The number of carbonyl (C=O) groups excluding carboxylic acids is 2. The molecular weight excluding hydrogens is 540 g/mol. The molecule has 37 heavy (non-hydrogen) atoms. The number of ketones is 1. The van der Waals surface area contributed by atoms with Crippen LogP contribution in [-0.4, -0.2) is 73.5 Å². The molecule has 2 aromatic carbocycles. The van der Waals surface area contributed by atoms with Gasteiger partial charge in [-0.2, -0.15) is 4.31 Å². The number of benzene rings is 2. The molecule has 3 aliphatic heterocycles. The second-order valence-corrected chi connectivity index (χ2v) is 14.1. The van der Waals surface area contributed by atoms with Crippen molar-refractivity contribution in [1.29, 1.82) is 0 Å². The number of Topliss-reactive ketones (excluding diaryl/α,β-unsaturated/α-hetero) is 1. The monoisotopic (exact) mass is 564 g/mol. The van der Waals surface area contributed by atoms with E-state index in [0.29, 0.717) is 23.7 Å². The zero-order valence-corrected chi connectivity index (χ0v) is 22.1. The molecule has 3 fully saturated rings. The maximum atomic E-state index is 13.2. The fourth-order valence-corrected chi connectivity index (χ4v) is 8.57. The topological polar surface area (TPSA) is 129 Å². The summed E-state index contributed by atoms with van der Waals surface area (Å²) in [4.78, 5) is 27.7. The van der Waals surface area contributed by atoms with Crippen LogP contribution in [0.4, 0.5) is 0 Å². The Morgan fingerprint density at radius 1 is 0.973 bits per heavy atom. The molecule has 0 bridgehead atoms. The van der Waals surface area contributed by atoms with E-state index in [9.17, 15) is 31.5 Å². The number of halogens is 1. The van der Waals surface area contributed by atoms with E-state index in [-0.39, 0.29) is 34.0 Å². The van der Waals surface area contributed by atoms with E-state index in [4.69, 9.17) is 11.6 Å². The first-order valence-corrected chi connectivity index (χ1v) is 15.5. The number of hydrogen-bond donors (Lipinski definition) is 1. The SMILES string of the molecule is O=C1C(=O)N([C@@H]2CCS(=O)(=O)C2)[C@@H](c2ccc(Cl)cc2)C1=C(O)c1ccc(S(=O)(=O)N2CCCC2)cc1. The van der Waals surface area contributed by atoms with Crippen molar-refractivity contribution in [2.75, 3.05) is 24.6 Å². The number of nitrogens with zero attached hydrogens (tertiary/aromatic N) is 2. The molecule has 2 aromatic rings. The first-order valence-electron chi connectivity index (χ1n) is 11.9. The molecule has 0 spiro atoms. The van der Waals surface area contributed by atoms with Crippen LogP contribution < -0.4 is 0 Å². The number of sulfonamides is 1. The van der Waals surface area contributed by atoms with Gasteiger partial charge in [0.05, 0.1) is 28.0 Å². The molecule has 3 heterocycles. The predicted molar refractivity (Wildman–Crippen MR) is 137 cm³/mol. The first kappa shape index (κ1) is 25.9. The van der Waals surface area contributed by atoms with Crippen molar-refractivity contribution >= 4 is 48.9 Å². The van der Waals surface area contributed by atoms with Gasteiger partial charge < -0.3 is 10.0 Å². The molecule has 1 amide bonds. The molecule has 5 rings (SSSR count). The van der Waals surface area contributed by atoms with E-state index >= 15 is 0 Å². The van der Waals surface area contributed by atoms with Crippen LogP contribution in [0.1, 0.15) is 36.4 Å². The van der Waals surface area contributed by atoms with Crippen molar-refractivity contribution in [1.82, 2.24) is 9.21 Å². The summed E-state index contributed by atoms with van der Waals surface area (Å²) in [5.41, 5.74) is 0.464. The highest BCUT2D eigenvalue weighted by molar-refractivity contribution is 7.91. The van der Waals surface area contributed by atoms with Gasteiger partial charge in [0.25, 0.3) is 11.7 Å². The minimum Gasteiger partial charge on any atom is -0.507 e. The van der Waals surface area contributed by atoms with Gasteiger partial charge in [0.15, 0.2) is 9.84 Å². The molecule has 0 saturated carbocycles. The lowest BCUT2D eigenvalue weighted by atomic mass is 9.95. The Kier molecular flexibility index (Phi) is 6.68. The fourth-order valence-electron chi connectivity index (χ4n) is 5.21. The van der Waals surface area contributed by atoms with Crippen LogP contribution in [0.15, 0.2) is 59.0 Å². The molecule has 12 heteroatoms. The lowest BCUT2D eigenvalue weighted by Gasteiger charge is -2.30. The summed E-state index contributed by atoms with van der Waals surface area (Å²) in [6.07, 6.45) is 1.78. The van der Waals surface area contributed by atoms with E-state index in [0.717, 1.165) is 12.8 Å². The molecule has 1 N–H and O–H groups in total. The van der Waals surface area contributed by atoms with Crippen molar-refractivity contribution in [3.63, 3.8) is 0 Å². The zero-order valence-electron chi connectivity index (χ0n) is 19.7. The number of rotatable bonds is 5.